The molecule has 0 radical (unpaired) electrons. The number of nitrogens with one attached hydrogen (secondary N) is 2. The number of fused-ring (bicyclic) bond motifs is 1. The van der Waals surface area contributed by atoms with E-state index in [0.717, 1.165) is 16.7 Å². The van der Waals surface area contributed by atoms with Crippen LogP contribution in [0.5, 0.6) is 23.0 Å². The number of carbonyl (C=O) groups is 1. The van der Waals surface area contributed by atoms with Crippen molar-refractivity contribution in [1.29, 1.82) is 0 Å². The van der Waals surface area contributed by atoms with Gasteiger partial charge < -0.3 is 53.1 Å². The summed E-state index contributed by atoms with van der Waals surface area (Å²) in [4.78, 5) is 30.5. The van der Waals surface area contributed by atoms with Crippen molar-refractivity contribution in [2.24, 2.45) is 0 Å². The molecule has 5 aromatic rings. The first-order valence-electron chi connectivity index (χ1n) is 20.0. The monoisotopic (exact) mass is 838 g/mol. The number of rotatable bonds is 11. The van der Waals surface area contributed by atoms with Gasteiger partial charge in [0.2, 0.25) is 0 Å². The number of urea groups is 1. The zero-order valence-corrected chi connectivity index (χ0v) is 34.0. The van der Waals surface area contributed by atoms with E-state index >= 15 is 0 Å². The second-order valence-corrected chi connectivity index (χ2v) is 14.0. The summed E-state index contributed by atoms with van der Waals surface area (Å²) in [5.41, 5.74) is 1.08. The number of aliphatic hydroxyl groups is 1. The highest BCUT2D eigenvalue weighted by Crippen LogP contribution is 2.43. The summed E-state index contributed by atoms with van der Waals surface area (Å²) in [6, 6.07) is 30.8. The third kappa shape index (κ3) is 10.8. The van der Waals surface area contributed by atoms with E-state index in [4.69, 9.17) is 42.6 Å². The molecule has 0 saturated carbocycles. The van der Waals surface area contributed by atoms with E-state index in [1.165, 1.54) is 16.8 Å². The highest BCUT2D eigenvalue weighted by molar-refractivity contribution is 5.99. The fourth-order valence-electron chi connectivity index (χ4n) is 7.08. The minimum atomic E-state index is -1.14. The van der Waals surface area contributed by atoms with Crippen LogP contribution in [0.15, 0.2) is 114 Å². The van der Waals surface area contributed by atoms with Crippen LogP contribution in [-0.2, 0) is 29.3 Å². The fourth-order valence-corrected chi connectivity index (χ4v) is 7.08. The van der Waals surface area contributed by atoms with Crippen molar-refractivity contribution in [3.63, 3.8) is 0 Å². The Morgan fingerprint density at radius 2 is 1.31 bits per heavy atom. The van der Waals surface area contributed by atoms with E-state index in [9.17, 15) is 14.7 Å². The van der Waals surface area contributed by atoms with Gasteiger partial charge >= 0.3 is 11.7 Å². The Kier molecular flexibility index (Phi) is 14.8. The molecule has 0 aliphatic carbocycles. The molecule has 7 rings (SSSR count). The van der Waals surface area contributed by atoms with Crippen LogP contribution < -0.4 is 35.3 Å². The molecule has 1 fully saturated rings. The summed E-state index contributed by atoms with van der Waals surface area (Å²) in [7, 11) is 3.22. The Hall–Kier alpha value is -6.01. The minimum Gasteiger partial charge on any atom is -0.497 e. The number of anilines is 2. The minimum absolute atomic E-state index is 0.0127. The number of amides is 2. The van der Waals surface area contributed by atoms with Crippen LogP contribution in [0.4, 0.5) is 16.3 Å². The van der Waals surface area contributed by atoms with E-state index in [0.29, 0.717) is 74.9 Å². The van der Waals surface area contributed by atoms with Crippen LogP contribution in [0.25, 0.3) is 0 Å². The lowest BCUT2D eigenvalue weighted by molar-refractivity contribution is -0.0944. The molecule has 322 valence electrons. The van der Waals surface area contributed by atoms with E-state index in [-0.39, 0.29) is 25.5 Å². The van der Waals surface area contributed by atoms with Crippen LogP contribution >= 0.6 is 0 Å². The van der Waals surface area contributed by atoms with Gasteiger partial charge in [-0.3, -0.25) is 9.88 Å². The quantitative estimate of drug-likeness (QED) is 0.145. The topological polar surface area (TPSA) is 179 Å². The molecule has 61 heavy (non-hydrogen) atoms. The Morgan fingerprint density at radius 3 is 1.90 bits per heavy atom. The molecule has 16 nitrogen and oxygen atoms in total. The van der Waals surface area contributed by atoms with Gasteiger partial charge in [-0.15, -0.1) is 0 Å². The van der Waals surface area contributed by atoms with Crippen LogP contribution in [0.3, 0.4) is 0 Å². The van der Waals surface area contributed by atoms with Crippen molar-refractivity contribution in [3.8, 4) is 23.0 Å². The normalized spacial score (nSPS) is 18.9. The molecular formula is C45H50N4O12. The SMILES string of the molecule is COc1ccc(C(OC[C@H]2O[C@@H](n3ccc(NC(=O)Nc4ccc5c(c4)OCCOCCOCCOCCO5)nc3=O)C[C@@H]2O)(c2ccccc2)c2ccc(OC)cc2)cc1. The summed E-state index contributed by atoms with van der Waals surface area (Å²) in [5.74, 6) is 2.27. The molecule has 2 aliphatic rings. The predicted molar refractivity (Wildman–Crippen MR) is 224 cm³/mol. The van der Waals surface area contributed by atoms with Gasteiger partial charge in [0, 0.05) is 24.4 Å². The summed E-state index contributed by atoms with van der Waals surface area (Å²) in [6.07, 6.45) is -1.07. The number of hydrogen-bond acceptors (Lipinski definition) is 13. The molecule has 0 bridgehead atoms. The van der Waals surface area contributed by atoms with Crippen LogP contribution in [-0.4, -0.2) is 107 Å². The maximum absolute atomic E-state index is 13.3. The summed E-state index contributed by atoms with van der Waals surface area (Å²) < 4.78 is 53.7. The summed E-state index contributed by atoms with van der Waals surface area (Å²) in [6.45, 7) is 2.98. The van der Waals surface area contributed by atoms with E-state index in [1.54, 1.807) is 32.4 Å². The van der Waals surface area contributed by atoms with Crippen molar-refractivity contribution in [2.75, 3.05) is 84.3 Å². The highest BCUT2D eigenvalue weighted by atomic mass is 16.6. The second kappa shape index (κ2) is 21.0. The molecule has 16 heteroatoms. The van der Waals surface area contributed by atoms with Crippen LogP contribution in [0.2, 0.25) is 0 Å². The molecule has 0 unspecified atom stereocenters. The van der Waals surface area contributed by atoms with Gasteiger partial charge in [0.25, 0.3) is 0 Å². The van der Waals surface area contributed by atoms with Gasteiger partial charge in [-0.2, -0.15) is 4.98 Å². The third-order valence-electron chi connectivity index (χ3n) is 10.1. The first-order valence-corrected chi connectivity index (χ1v) is 20.0. The lowest BCUT2D eigenvalue weighted by Crippen LogP contribution is -2.38. The Bertz CT molecular complexity index is 2170. The maximum atomic E-state index is 13.3. The average Bonchev–Trinajstić information content (AvgIpc) is 3.65. The molecule has 3 N–H and O–H groups in total. The van der Waals surface area contributed by atoms with Gasteiger partial charge in [0.1, 0.15) is 48.5 Å². The molecule has 1 saturated heterocycles. The zero-order valence-electron chi connectivity index (χ0n) is 34.0. The molecular weight excluding hydrogens is 789 g/mol. The Labute approximate surface area is 353 Å². The highest BCUT2D eigenvalue weighted by Gasteiger charge is 2.42. The number of aliphatic hydroxyl groups excluding tert-OH is 1. The molecule has 1 aromatic heterocycles. The first kappa shape index (κ1) is 43.1. The lowest BCUT2D eigenvalue weighted by atomic mass is 9.80. The lowest BCUT2D eigenvalue weighted by Gasteiger charge is -2.37. The first-order chi connectivity index (χ1) is 29.9. The maximum Gasteiger partial charge on any atom is 0.351 e. The molecule has 0 spiro atoms. The molecule has 3 atom stereocenters. The van der Waals surface area contributed by atoms with Crippen molar-refractivity contribution >= 4 is 17.5 Å². The van der Waals surface area contributed by atoms with Gasteiger partial charge in [0.15, 0.2) is 11.5 Å². The summed E-state index contributed by atoms with van der Waals surface area (Å²) in [5, 5.41) is 16.6. The van der Waals surface area contributed by atoms with Gasteiger partial charge in [-0.25, -0.2) is 9.59 Å². The summed E-state index contributed by atoms with van der Waals surface area (Å²) >= 11 is 0. The number of hydrogen-bond donors (Lipinski definition) is 3. The molecule has 2 amide bonds. The number of benzene rings is 4. The zero-order chi connectivity index (χ0) is 42.4. The predicted octanol–water partition coefficient (Wildman–Crippen LogP) is 5.38. The fraction of sp³-hybridized carbons (Fsp3) is 0.356. The van der Waals surface area contributed by atoms with Gasteiger partial charge in [0.05, 0.1) is 66.6 Å². The van der Waals surface area contributed by atoms with Crippen molar-refractivity contribution in [1.82, 2.24) is 9.55 Å². The van der Waals surface area contributed by atoms with E-state index < -0.39 is 35.8 Å². The standard InChI is InChI=1S/C45H50N4O12/c1-53-35-13-8-32(9-14-35)45(31-6-4-3-5-7-31,33-10-15-36(54-2)16-11-33)60-30-40-37(50)29-42(61-40)49-19-18-41(48-44(49)52)47-43(51)46-34-12-17-38-39(28-34)59-27-25-57-23-21-55-20-22-56-24-26-58-38/h3-19,28,37,40,42,50H,20-27,29-30H2,1-2H3,(H2,46,47,48,51,52)/t37-,40+,42+/m0/s1. The number of ether oxygens (including phenoxy) is 9. The van der Waals surface area contributed by atoms with Crippen LogP contribution in [0.1, 0.15) is 29.3 Å². The number of carbonyl (C=O) groups excluding carboxylic acids is 1. The largest absolute Gasteiger partial charge is 0.497 e. The van der Waals surface area contributed by atoms with E-state index in [1.807, 2.05) is 78.9 Å². The molecule has 2 aliphatic heterocycles. The van der Waals surface area contributed by atoms with Gasteiger partial charge in [-0.1, -0.05) is 54.6 Å². The Balaban J connectivity index is 1.02. The van der Waals surface area contributed by atoms with Crippen molar-refractivity contribution < 1.29 is 52.5 Å². The molecule has 4 aromatic carbocycles. The number of nitrogens with zero attached hydrogens (tertiary/aromatic N) is 2. The smallest absolute Gasteiger partial charge is 0.351 e. The third-order valence-corrected chi connectivity index (χ3v) is 10.1. The van der Waals surface area contributed by atoms with Crippen molar-refractivity contribution in [3.05, 3.63) is 136 Å². The van der Waals surface area contributed by atoms with E-state index in [2.05, 4.69) is 15.6 Å². The average molecular weight is 839 g/mol. The number of methoxy groups -OCH3 is 2. The Morgan fingerprint density at radius 1 is 0.738 bits per heavy atom. The second-order valence-electron chi connectivity index (χ2n) is 14.0. The van der Waals surface area contributed by atoms with Crippen LogP contribution in [0, 0.1) is 0 Å². The van der Waals surface area contributed by atoms with Crippen molar-refractivity contribution in [2.45, 2.75) is 30.5 Å². The molecule has 3 heterocycles. The number of aromatic nitrogens is 2. The van der Waals surface area contributed by atoms with Gasteiger partial charge in [-0.05, 0) is 59.2 Å².